The number of guanidine groups is 1. The highest BCUT2D eigenvalue weighted by atomic mass is 127. The van der Waals surface area contributed by atoms with E-state index in [2.05, 4.69) is 62.7 Å². The molecule has 0 amide bonds. The highest BCUT2D eigenvalue weighted by Gasteiger charge is 2.36. The number of benzene rings is 1. The van der Waals surface area contributed by atoms with E-state index in [-0.39, 0.29) is 29.4 Å². The fourth-order valence-corrected chi connectivity index (χ4v) is 3.54. The summed E-state index contributed by atoms with van der Waals surface area (Å²) in [6, 6.07) is 9.31. The Labute approximate surface area is 170 Å². The molecule has 3 rings (SSSR count). The van der Waals surface area contributed by atoms with E-state index in [0.717, 1.165) is 49.0 Å². The summed E-state index contributed by atoms with van der Waals surface area (Å²) in [6.07, 6.45) is 3.32. The molecule has 2 fully saturated rings. The largest absolute Gasteiger partial charge is 0.381 e. The van der Waals surface area contributed by atoms with Gasteiger partial charge in [0.05, 0.1) is 0 Å². The minimum atomic E-state index is 0. The minimum absolute atomic E-state index is 0. The first-order valence-electron chi connectivity index (χ1n) is 8.44. The van der Waals surface area contributed by atoms with E-state index < -0.39 is 0 Å². The van der Waals surface area contributed by atoms with Crippen LogP contribution >= 0.6 is 39.9 Å². The lowest BCUT2D eigenvalue weighted by Gasteiger charge is -2.38. The minimum Gasteiger partial charge on any atom is -0.381 e. The van der Waals surface area contributed by atoms with Gasteiger partial charge in [0.2, 0.25) is 0 Å². The van der Waals surface area contributed by atoms with Crippen molar-refractivity contribution in [1.29, 1.82) is 0 Å². The lowest BCUT2D eigenvalue weighted by Crippen LogP contribution is -2.48. The predicted octanol–water partition coefficient (Wildman–Crippen LogP) is 3.69. The molecule has 6 heteroatoms. The molecule has 1 aromatic rings. The van der Waals surface area contributed by atoms with Gasteiger partial charge < -0.3 is 15.4 Å². The number of hydrogen-bond donors (Lipinski definition) is 2. The molecule has 134 valence electrons. The fourth-order valence-electron chi connectivity index (χ4n) is 3.28. The Morgan fingerprint density at radius 2 is 1.92 bits per heavy atom. The summed E-state index contributed by atoms with van der Waals surface area (Å²) in [4.78, 5) is 4.38. The molecule has 1 aliphatic heterocycles. The SMILES string of the molecule is CN=C(NCC1(c2ccc(Br)cc2)CCOCC1)NC1CC1C.I. The van der Waals surface area contributed by atoms with Crippen LogP contribution in [0.15, 0.2) is 33.7 Å². The normalized spacial score (nSPS) is 25.5. The first-order valence-corrected chi connectivity index (χ1v) is 9.23. The van der Waals surface area contributed by atoms with Crippen molar-refractivity contribution in [3.63, 3.8) is 0 Å². The van der Waals surface area contributed by atoms with Gasteiger partial charge >= 0.3 is 0 Å². The van der Waals surface area contributed by atoms with E-state index in [1.165, 1.54) is 12.0 Å². The zero-order valence-corrected chi connectivity index (χ0v) is 18.3. The highest BCUT2D eigenvalue weighted by Crippen LogP contribution is 2.35. The van der Waals surface area contributed by atoms with Crippen molar-refractivity contribution in [1.82, 2.24) is 10.6 Å². The second-order valence-corrected chi connectivity index (χ2v) is 7.70. The molecule has 1 heterocycles. The number of ether oxygens (including phenoxy) is 1. The van der Waals surface area contributed by atoms with Crippen molar-refractivity contribution in [2.75, 3.05) is 26.8 Å². The number of nitrogens with zero attached hydrogens (tertiary/aromatic N) is 1. The zero-order chi connectivity index (χ0) is 16.3. The van der Waals surface area contributed by atoms with E-state index >= 15 is 0 Å². The molecule has 0 spiro atoms. The molecule has 1 aromatic carbocycles. The molecule has 2 N–H and O–H groups in total. The van der Waals surface area contributed by atoms with Gasteiger partial charge in [0.25, 0.3) is 0 Å². The van der Waals surface area contributed by atoms with Gasteiger partial charge in [-0.05, 0) is 42.9 Å². The smallest absolute Gasteiger partial charge is 0.191 e. The maximum Gasteiger partial charge on any atom is 0.191 e. The molecule has 4 nitrogen and oxygen atoms in total. The number of hydrogen-bond acceptors (Lipinski definition) is 2. The van der Waals surface area contributed by atoms with Crippen LogP contribution in [0.5, 0.6) is 0 Å². The highest BCUT2D eigenvalue weighted by molar-refractivity contribution is 14.0. The number of aliphatic imine (C=N–C) groups is 1. The molecule has 0 bridgehead atoms. The molecule has 2 atom stereocenters. The van der Waals surface area contributed by atoms with Crippen molar-refractivity contribution in [3.8, 4) is 0 Å². The Hall–Kier alpha value is -0.340. The van der Waals surface area contributed by atoms with Crippen LogP contribution in [-0.2, 0) is 10.2 Å². The number of halogens is 2. The lowest BCUT2D eigenvalue weighted by molar-refractivity contribution is 0.0514. The van der Waals surface area contributed by atoms with E-state index in [4.69, 9.17) is 4.74 Å². The Balaban J connectivity index is 0.00000208. The Morgan fingerprint density at radius 3 is 2.46 bits per heavy atom. The Bertz CT molecular complexity index is 558. The van der Waals surface area contributed by atoms with Crippen LogP contribution in [0, 0.1) is 5.92 Å². The Kier molecular flexibility index (Phi) is 7.37. The van der Waals surface area contributed by atoms with Crippen LogP contribution in [0.2, 0.25) is 0 Å². The first-order chi connectivity index (χ1) is 11.1. The first kappa shape index (κ1) is 20.0. The zero-order valence-electron chi connectivity index (χ0n) is 14.3. The summed E-state index contributed by atoms with van der Waals surface area (Å²) in [5, 5.41) is 7.06. The summed E-state index contributed by atoms with van der Waals surface area (Å²) >= 11 is 3.53. The topological polar surface area (TPSA) is 45.7 Å². The van der Waals surface area contributed by atoms with E-state index in [0.29, 0.717) is 6.04 Å². The molecule has 2 aliphatic rings. The third-order valence-corrected chi connectivity index (χ3v) is 5.68. The molecule has 1 saturated heterocycles. The van der Waals surface area contributed by atoms with Crippen molar-refractivity contribution < 1.29 is 4.74 Å². The van der Waals surface area contributed by atoms with Gasteiger partial charge in [0.15, 0.2) is 5.96 Å². The third-order valence-electron chi connectivity index (χ3n) is 5.16. The van der Waals surface area contributed by atoms with Gasteiger partial charge in [-0.1, -0.05) is 35.0 Å². The second kappa shape index (κ2) is 8.85. The van der Waals surface area contributed by atoms with Gasteiger partial charge in [0.1, 0.15) is 0 Å². The van der Waals surface area contributed by atoms with Crippen molar-refractivity contribution in [3.05, 3.63) is 34.3 Å². The van der Waals surface area contributed by atoms with Crippen LogP contribution in [0.25, 0.3) is 0 Å². The average Bonchev–Trinajstić information content (AvgIpc) is 3.28. The van der Waals surface area contributed by atoms with Crippen molar-refractivity contribution in [2.45, 2.75) is 37.6 Å². The third kappa shape index (κ3) is 4.85. The predicted molar refractivity (Wildman–Crippen MR) is 113 cm³/mol. The molecule has 0 aromatic heterocycles. The summed E-state index contributed by atoms with van der Waals surface area (Å²) in [5.74, 6) is 1.68. The standard InChI is InChI=1S/C18H26BrN3O.HI/c1-13-11-16(13)22-17(20-2)21-12-18(7-9-23-10-8-18)14-3-5-15(19)6-4-14;/h3-6,13,16H,7-12H2,1-2H3,(H2,20,21,22);1H. The van der Waals surface area contributed by atoms with Gasteiger partial charge in [0, 0.05) is 42.7 Å². The maximum atomic E-state index is 5.61. The monoisotopic (exact) mass is 507 g/mol. The van der Waals surface area contributed by atoms with Crippen LogP contribution in [-0.4, -0.2) is 38.8 Å². The molecule has 1 saturated carbocycles. The van der Waals surface area contributed by atoms with Crippen LogP contribution in [0.4, 0.5) is 0 Å². The molecular formula is C18H27BrIN3O. The summed E-state index contributed by atoms with van der Waals surface area (Å²) in [7, 11) is 1.85. The van der Waals surface area contributed by atoms with Gasteiger partial charge in [-0.3, -0.25) is 4.99 Å². The van der Waals surface area contributed by atoms with E-state index in [1.807, 2.05) is 7.05 Å². The summed E-state index contributed by atoms with van der Waals surface area (Å²) in [6.45, 7) is 4.80. The van der Waals surface area contributed by atoms with Gasteiger partial charge in [-0.25, -0.2) is 0 Å². The lowest BCUT2D eigenvalue weighted by atomic mass is 9.74. The summed E-state index contributed by atoms with van der Waals surface area (Å²) in [5.41, 5.74) is 1.50. The quantitative estimate of drug-likeness (QED) is 0.371. The van der Waals surface area contributed by atoms with Crippen LogP contribution in [0.1, 0.15) is 31.7 Å². The molecule has 24 heavy (non-hydrogen) atoms. The molecular weight excluding hydrogens is 481 g/mol. The Morgan fingerprint density at radius 1 is 1.29 bits per heavy atom. The maximum absolute atomic E-state index is 5.61. The van der Waals surface area contributed by atoms with E-state index in [9.17, 15) is 0 Å². The fraction of sp³-hybridized carbons (Fsp3) is 0.611. The van der Waals surface area contributed by atoms with E-state index in [1.54, 1.807) is 0 Å². The van der Waals surface area contributed by atoms with Crippen molar-refractivity contribution in [2.24, 2.45) is 10.9 Å². The van der Waals surface area contributed by atoms with Gasteiger partial charge in [-0.15, -0.1) is 24.0 Å². The molecule has 2 unspecified atom stereocenters. The number of rotatable bonds is 4. The van der Waals surface area contributed by atoms with Crippen molar-refractivity contribution >= 4 is 45.9 Å². The van der Waals surface area contributed by atoms with Crippen LogP contribution in [0.3, 0.4) is 0 Å². The number of nitrogens with one attached hydrogen (secondary N) is 2. The molecule has 1 aliphatic carbocycles. The summed E-state index contributed by atoms with van der Waals surface area (Å²) < 4.78 is 6.73. The average molecular weight is 508 g/mol. The van der Waals surface area contributed by atoms with Crippen LogP contribution < -0.4 is 10.6 Å². The second-order valence-electron chi connectivity index (χ2n) is 6.79. The molecule has 0 radical (unpaired) electrons. The van der Waals surface area contributed by atoms with Gasteiger partial charge in [-0.2, -0.15) is 0 Å².